The van der Waals surface area contributed by atoms with Crippen molar-refractivity contribution in [3.8, 4) is 0 Å². The summed E-state index contributed by atoms with van der Waals surface area (Å²) in [6.45, 7) is 6.84. The Hall–Kier alpha value is -0.130. The molecule has 17 heavy (non-hydrogen) atoms. The molecule has 0 aromatic carbocycles. The first-order chi connectivity index (χ1) is 7.90. The van der Waals surface area contributed by atoms with Crippen molar-refractivity contribution in [2.75, 3.05) is 18.8 Å². The maximum absolute atomic E-state index is 12.2. The Morgan fingerprint density at radius 3 is 2.41 bits per heavy atom. The Labute approximate surface area is 105 Å². The molecule has 0 bridgehead atoms. The Bertz CT molecular complexity index is 325. The molecule has 0 aromatic rings. The minimum Gasteiger partial charge on any atom is -0.391 e. The van der Waals surface area contributed by atoms with E-state index >= 15 is 0 Å². The van der Waals surface area contributed by atoms with E-state index in [1.54, 1.807) is 0 Å². The third-order valence-corrected chi connectivity index (χ3v) is 5.89. The predicted molar refractivity (Wildman–Crippen MR) is 69.2 cm³/mol. The van der Waals surface area contributed by atoms with E-state index in [1.807, 2.05) is 20.8 Å². The van der Waals surface area contributed by atoms with Gasteiger partial charge in [-0.1, -0.05) is 33.6 Å². The molecule has 0 aliphatic carbocycles. The summed E-state index contributed by atoms with van der Waals surface area (Å²) in [6, 6.07) is 0. The van der Waals surface area contributed by atoms with Gasteiger partial charge in [0.05, 0.1) is 11.9 Å². The molecule has 1 fully saturated rings. The van der Waals surface area contributed by atoms with Crippen LogP contribution in [0, 0.1) is 11.8 Å². The number of aliphatic hydroxyl groups is 1. The molecule has 0 radical (unpaired) electrons. The van der Waals surface area contributed by atoms with Crippen LogP contribution >= 0.6 is 0 Å². The van der Waals surface area contributed by atoms with Gasteiger partial charge in [0.25, 0.3) is 0 Å². The number of nitrogens with zero attached hydrogens (tertiary/aromatic N) is 1. The first-order valence-corrected chi connectivity index (χ1v) is 8.17. The van der Waals surface area contributed by atoms with E-state index in [-0.39, 0.29) is 24.1 Å². The lowest BCUT2D eigenvalue weighted by atomic mass is 9.98. The predicted octanol–water partition coefficient (Wildman–Crippen LogP) is 1.46. The van der Waals surface area contributed by atoms with Gasteiger partial charge in [-0.25, -0.2) is 8.42 Å². The van der Waals surface area contributed by atoms with E-state index in [4.69, 9.17) is 0 Å². The molecular formula is C12H25NO3S. The van der Waals surface area contributed by atoms with Gasteiger partial charge in [0.1, 0.15) is 0 Å². The number of sulfonamides is 1. The number of aliphatic hydroxyl groups excluding tert-OH is 1. The van der Waals surface area contributed by atoms with Gasteiger partial charge >= 0.3 is 0 Å². The average Bonchev–Trinajstić information content (AvgIpc) is 2.29. The number of hydrogen-bond donors (Lipinski definition) is 1. The molecule has 0 amide bonds. The van der Waals surface area contributed by atoms with Gasteiger partial charge in [-0.15, -0.1) is 0 Å². The van der Waals surface area contributed by atoms with E-state index in [9.17, 15) is 13.5 Å². The lowest BCUT2D eigenvalue weighted by molar-refractivity contribution is 0.0603. The van der Waals surface area contributed by atoms with Gasteiger partial charge in [-0.3, -0.25) is 0 Å². The first kappa shape index (κ1) is 14.9. The number of piperidine rings is 1. The van der Waals surface area contributed by atoms with Crippen LogP contribution in [0.1, 0.15) is 40.0 Å². The molecule has 2 atom stereocenters. The average molecular weight is 263 g/mol. The lowest BCUT2D eigenvalue weighted by Gasteiger charge is -2.34. The van der Waals surface area contributed by atoms with Gasteiger partial charge in [0.15, 0.2) is 0 Å². The summed E-state index contributed by atoms with van der Waals surface area (Å²) in [7, 11) is -3.19. The molecule has 2 unspecified atom stereocenters. The molecule has 1 aliphatic heterocycles. The second-order valence-corrected chi connectivity index (χ2v) is 7.17. The SMILES string of the molecule is CCC(CC)CS(=O)(=O)N1CCC(C)C(O)C1. The van der Waals surface area contributed by atoms with Crippen molar-refractivity contribution in [1.29, 1.82) is 0 Å². The van der Waals surface area contributed by atoms with Crippen LogP contribution in [0.3, 0.4) is 0 Å². The largest absolute Gasteiger partial charge is 0.391 e. The highest BCUT2D eigenvalue weighted by Gasteiger charge is 2.32. The van der Waals surface area contributed by atoms with Crippen LogP contribution in [0.4, 0.5) is 0 Å². The van der Waals surface area contributed by atoms with Crippen molar-refractivity contribution < 1.29 is 13.5 Å². The van der Waals surface area contributed by atoms with Gasteiger partial charge in [0.2, 0.25) is 10.0 Å². The summed E-state index contributed by atoms with van der Waals surface area (Å²) in [4.78, 5) is 0. The smallest absolute Gasteiger partial charge is 0.214 e. The Kier molecular flexibility index (Phi) is 5.41. The summed E-state index contributed by atoms with van der Waals surface area (Å²) < 4.78 is 25.8. The van der Waals surface area contributed by atoms with Crippen LogP contribution in [-0.4, -0.2) is 42.8 Å². The first-order valence-electron chi connectivity index (χ1n) is 6.56. The van der Waals surface area contributed by atoms with Crippen molar-refractivity contribution in [2.24, 2.45) is 11.8 Å². The summed E-state index contributed by atoms with van der Waals surface area (Å²) >= 11 is 0. The third kappa shape index (κ3) is 3.93. The van der Waals surface area contributed by atoms with Gasteiger partial charge in [0, 0.05) is 13.1 Å². The van der Waals surface area contributed by atoms with Crippen molar-refractivity contribution >= 4 is 10.0 Å². The van der Waals surface area contributed by atoms with Crippen molar-refractivity contribution in [3.63, 3.8) is 0 Å². The quantitative estimate of drug-likeness (QED) is 0.817. The number of β-amino-alcohol motifs (C(OH)–C–C–N with tert-alkyl or cyclic N) is 1. The van der Waals surface area contributed by atoms with Crippen LogP contribution in [0.25, 0.3) is 0 Å². The highest BCUT2D eigenvalue weighted by Crippen LogP contribution is 2.22. The van der Waals surface area contributed by atoms with Crippen LogP contribution in [0.15, 0.2) is 0 Å². The fourth-order valence-corrected chi connectivity index (χ4v) is 4.24. The maximum atomic E-state index is 12.2. The van der Waals surface area contributed by atoms with Crippen LogP contribution in [0.5, 0.6) is 0 Å². The Morgan fingerprint density at radius 2 is 1.94 bits per heavy atom. The zero-order valence-electron chi connectivity index (χ0n) is 11.1. The third-order valence-electron chi connectivity index (χ3n) is 3.88. The minimum atomic E-state index is -3.19. The van der Waals surface area contributed by atoms with Crippen molar-refractivity contribution in [3.05, 3.63) is 0 Å². The molecule has 0 saturated carbocycles. The number of hydrogen-bond acceptors (Lipinski definition) is 3. The Morgan fingerprint density at radius 1 is 1.35 bits per heavy atom. The standard InChI is InChI=1S/C12H25NO3S/c1-4-11(5-2)9-17(15,16)13-7-6-10(3)12(14)8-13/h10-12,14H,4-9H2,1-3H3. The maximum Gasteiger partial charge on any atom is 0.214 e. The Balaban J connectivity index is 2.64. The van der Waals surface area contributed by atoms with Crippen LogP contribution in [-0.2, 0) is 10.0 Å². The highest BCUT2D eigenvalue weighted by atomic mass is 32.2. The second kappa shape index (κ2) is 6.16. The van der Waals surface area contributed by atoms with E-state index in [0.29, 0.717) is 6.54 Å². The minimum absolute atomic E-state index is 0.203. The van der Waals surface area contributed by atoms with Gasteiger partial charge < -0.3 is 5.11 Å². The molecule has 102 valence electrons. The molecule has 1 heterocycles. The van der Waals surface area contributed by atoms with Crippen LogP contribution in [0.2, 0.25) is 0 Å². The molecular weight excluding hydrogens is 238 g/mol. The fourth-order valence-electron chi connectivity index (χ4n) is 2.20. The molecule has 1 saturated heterocycles. The molecule has 0 aromatic heterocycles. The van der Waals surface area contributed by atoms with Crippen molar-refractivity contribution in [1.82, 2.24) is 4.31 Å². The zero-order valence-corrected chi connectivity index (χ0v) is 11.9. The van der Waals surface area contributed by atoms with Gasteiger partial charge in [-0.2, -0.15) is 4.31 Å². The topological polar surface area (TPSA) is 57.6 Å². The fraction of sp³-hybridized carbons (Fsp3) is 1.00. The van der Waals surface area contributed by atoms with Crippen molar-refractivity contribution in [2.45, 2.75) is 46.1 Å². The normalized spacial score (nSPS) is 27.6. The van der Waals surface area contributed by atoms with E-state index in [1.165, 1.54) is 4.31 Å². The highest BCUT2D eigenvalue weighted by molar-refractivity contribution is 7.89. The monoisotopic (exact) mass is 263 g/mol. The summed E-state index contributed by atoms with van der Waals surface area (Å²) in [5, 5.41) is 9.75. The molecule has 1 rings (SSSR count). The summed E-state index contributed by atoms with van der Waals surface area (Å²) in [5.41, 5.74) is 0. The van der Waals surface area contributed by atoms with E-state index < -0.39 is 16.1 Å². The molecule has 1 aliphatic rings. The number of rotatable bonds is 5. The molecule has 0 spiro atoms. The summed E-state index contributed by atoms with van der Waals surface area (Å²) in [5.74, 6) is 0.660. The van der Waals surface area contributed by atoms with Crippen LogP contribution < -0.4 is 0 Å². The molecule has 1 N–H and O–H groups in total. The lowest BCUT2D eigenvalue weighted by Crippen LogP contribution is -2.47. The van der Waals surface area contributed by atoms with Gasteiger partial charge in [-0.05, 0) is 18.3 Å². The van der Waals surface area contributed by atoms with E-state index in [0.717, 1.165) is 19.3 Å². The van der Waals surface area contributed by atoms with E-state index in [2.05, 4.69) is 0 Å². The molecule has 5 heteroatoms. The zero-order chi connectivity index (χ0) is 13.1. The second-order valence-electron chi connectivity index (χ2n) is 5.15. The summed E-state index contributed by atoms with van der Waals surface area (Å²) in [6.07, 6.45) is 2.02. The molecule has 4 nitrogen and oxygen atoms in total.